The van der Waals surface area contributed by atoms with E-state index in [1.165, 1.54) is 16.7 Å². The zero-order valence-corrected chi connectivity index (χ0v) is 15.7. The molecule has 2 saturated heterocycles. The molecule has 0 aromatic heterocycles. The second-order valence-electron chi connectivity index (χ2n) is 6.28. The van der Waals surface area contributed by atoms with Gasteiger partial charge in [-0.3, -0.25) is 14.5 Å². The van der Waals surface area contributed by atoms with Gasteiger partial charge in [0.2, 0.25) is 12.7 Å². The number of carbonyl (C=O) groups excluding carboxylic acids is 2. The van der Waals surface area contributed by atoms with E-state index in [2.05, 4.69) is 0 Å². The molecule has 0 radical (unpaired) electrons. The zero-order valence-electron chi connectivity index (χ0n) is 14.1. The van der Waals surface area contributed by atoms with Crippen molar-refractivity contribution >= 4 is 46.2 Å². The fraction of sp³-hybridized carbons (Fsp3) is 0.389. The number of thioether (sulfide) groups is 1. The number of likely N-dealkylation sites (tertiary alicyclic amines) is 1. The number of ether oxygens (including phenoxy) is 2. The van der Waals surface area contributed by atoms with Crippen molar-refractivity contribution in [3.05, 3.63) is 28.7 Å². The van der Waals surface area contributed by atoms with E-state index in [0.29, 0.717) is 33.7 Å². The van der Waals surface area contributed by atoms with Crippen LogP contribution in [0.2, 0.25) is 0 Å². The summed E-state index contributed by atoms with van der Waals surface area (Å²) in [7, 11) is 0. The first-order valence-electron chi connectivity index (χ1n) is 8.54. The van der Waals surface area contributed by atoms with Gasteiger partial charge in [0.25, 0.3) is 5.91 Å². The van der Waals surface area contributed by atoms with Gasteiger partial charge in [-0.2, -0.15) is 0 Å². The summed E-state index contributed by atoms with van der Waals surface area (Å²) >= 11 is 6.60. The normalized spacial score (nSPS) is 20.5. The molecule has 0 bridgehead atoms. The van der Waals surface area contributed by atoms with Crippen molar-refractivity contribution in [3.63, 3.8) is 0 Å². The first-order valence-corrected chi connectivity index (χ1v) is 9.77. The lowest BCUT2D eigenvalue weighted by molar-refractivity contribution is -0.130. The van der Waals surface area contributed by atoms with Crippen LogP contribution in [0.15, 0.2) is 23.1 Å². The lowest BCUT2D eigenvalue weighted by atomic mass is 10.2. The summed E-state index contributed by atoms with van der Waals surface area (Å²) in [6.07, 6.45) is 4.23. The van der Waals surface area contributed by atoms with E-state index in [1.807, 2.05) is 23.1 Å². The van der Waals surface area contributed by atoms with Crippen molar-refractivity contribution in [3.8, 4) is 11.5 Å². The van der Waals surface area contributed by atoms with Crippen LogP contribution < -0.4 is 9.47 Å². The van der Waals surface area contributed by atoms with Crippen LogP contribution in [0.5, 0.6) is 11.5 Å². The molecule has 26 heavy (non-hydrogen) atoms. The summed E-state index contributed by atoms with van der Waals surface area (Å²) in [5, 5.41) is 0. The summed E-state index contributed by atoms with van der Waals surface area (Å²) in [5.41, 5.74) is 0.850. The van der Waals surface area contributed by atoms with Crippen LogP contribution >= 0.6 is 24.0 Å². The molecule has 0 unspecified atom stereocenters. The third-order valence-electron chi connectivity index (χ3n) is 4.58. The van der Waals surface area contributed by atoms with Crippen molar-refractivity contribution in [2.24, 2.45) is 0 Å². The van der Waals surface area contributed by atoms with Crippen molar-refractivity contribution in [2.75, 3.05) is 26.4 Å². The molecule has 1 aromatic rings. The second kappa shape index (κ2) is 7.28. The number of carbonyl (C=O) groups is 2. The molecule has 3 aliphatic rings. The van der Waals surface area contributed by atoms with E-state index in [1.54, 1.807) is 6.08 Å². The largest absolute Gasteiger partial charge is 0.454 e. The minimum absolute atomic E-state index is 0.0938. The molecule has 3 heterocycles. The molecule has 0 saturated carbocycles. The molecule has 6 nitrogen and oxygen atoms in total. The second-order valence-corrected chi connectivity index (χ2v) is 7.96. The van der Waals surface area contributed by atoms with Crippen molar-refractivity contribution in [1.29, 1.82) is 0 Å². The van der Waals surface area contributed by atoms with Crippen LogP contribution in [0.4, 0.5) is 0 Å². The van der Waals surface area contributed by atoms with Crippen LogP contribution in [-0.2, 0) is 9.59 Å². The molecular weight excluding hydrogens is 372 g/mol. The van der Waals surface area contributed by atoms with Gasteiger partial charge in [0.1, 0.15) is 4.32 Å². The molecule has 136 valence electrons. The number of benzene rings is 1. The smallest absolute Gasteiger partial charge is 0.266 e. The van der Waals surface area contributed by atoms with Crippen LogP contribution in [0, 0.1) is 0 Å². The predicted octanol–water partition coefficient (Wildman–Crippen LogP) is 2.63. The quantitative estimate of drug-likeness (QED) is 0.582. The van der Waals surface area contributed by atoms with Gasteiger partial charge in [-0.05, 0) is 36.6 Å². The lowest BCUT2D eigenvalue weighted by Gasteiger charge is -2.18. The van der Waals surface area contributed by atoms with Crippen LogP contribution in [0.1, 0.15) is 24.8 Å². The van der Waals surface area contributed by atoms with Gasteiger partial charge in [-0.15, -0.1) is 0 Å². The lowest BCUT2D eigenvalue weighted by Crippen LogP contribution is -2.34. The Balaban J connectivity index is 1.42. The molecule has 1 aromatic carbocycles. The van der Waals surface area contributed by atoms with Crippen LogP contribution in [-0.4, -0.2) is 52.4 Å². The maximum absolute atomic E-state index is 12.7. The number of hydrogen-bond acceptors (Lipinski definition) is 6. The number of nitrogens with zero attached hydrogens (tertiary/aromatic N) is 2. The summed E-state index contributed by atoms with van der Waals surface area (Å²) in [5.74, 6) is 1.32. The first-order chi connectivity index (χ1) is 12.6. The standard InChI is InChI=1S/C18H18N2O4S2/c21-16(19-6-1-2-7-19)5-8-20-17(22)15(26-18(20)25)10-12-3-4-13-14(9-12)24-11-23-13/h3-4,9-10H,1-2,5-8,11H2/b15-10+. The van der Waals surface area contributed by atoms with Gasteiger partial charge < -0.3 is 14.4 Å². The van der Waals surface area contributed by atoms with E-state index >= 15 is 0 Å². The summed E-state index contributed by atoms with van der Waals surface area (Å²) in [6.45, 7) is 2.19. The average molecular weight is 390 g/mol. The number of rotatable bonds is 4. The van der Waals surface area contributed by atoms with Gasteiger partial charge in [0.15, 0.2) is 11.5 Å². The monoisotopic (exact) mass is 390 g/mol. The van der Waals surface area contributed by atoms with Gasteiger partial charge in [-0.1, -0.05) is 30.0 Å². The minimum atomic E-state index is -0.146. The van der Waals surface area contributed by atoms with Gasteiger partial charge in [0, 0.05) is 26.1 Å². The fourth-order valence-corrected chi connectivity index (χ4v) is 4.49. The Morgan fingerprint density at radius 3 is 2.81 bits per heavy atom. The Morgan fingerprint density at radius 1 is 1.23 bits per heavy atom. The highest BCUT2D eigenvalue weighted by atomic mass is 32.2. The topological polar surface area (TPSA) is 59.1 Å². The van der Waals surface area contributed by atoms with Gasteiger partial charge in [-0.25, -0.2) is 0 Å². The molecule has 2 fully saturated rings. The van der Waals surface area contributed by atoms with Crippen molar-refractivity contribution < 1.29 is 19.1 Å². The Bertz CT molecular complexity index is 802. The maximum Gasteiger partial charge on any atom is 0.266 e. The molecular formula is C18H18N2O4S2. The first kappa shape index (κ1) is 17.4. The minimum Gasteiger partial charge on any atom is -0.454 e. The Morgan fingerprint density at radius 2 is 2.00 bits per heavy atom. The summed E-state index contributed by atoms with van der Waals surface area (Å²) < 4.78 is 11.2. The van der Waals surface area contributed by atoms with Gasteiger partial charge >= 0.3 is 0 Å². The molecule has 0 N–H and O–H groups in total. The molecule has 8 heteroatoms. The molecule has 0 atom stereocenters. The predicted molar refractivity (Wildman–Crippen MR) is 103 cm³/mol. The molecule has 0 spiro atoms. The van der Waals surface area contributed by atoms with E-state index in [0.717, 1.165) is 31.5 Å². The van der Waals surface area contributed by atoms with E-state index < -0.39 is 0 Å². The molecule has 0 aliphatic carbocycles. The molecule has 2 amide bonds. The number of thiocarbonyl (C=S) groups is 1. The van der Waals surface area contributed by atoms with E-state index in [9.17, 15) is 9.59 Å². The highest BCUT2D eigenvalue weighted by Gasteiger charge is 2.32. The Hall–Kier alpha value is -2.06. The maximum atomic E-state index is 12.7. The third kappa shape index (κ3) is 3.43. The van der Waals surface area contributed by atoms with Crippen LogP contribution in [0.3, 0.4) is 0 Å². The number of fused-ring (bicyclic) bond motifs is 1. The zero-order chi connectivity index (χ0) is 18.1. The Labute approximate surface area is 161 Å². The molecule has 4 rings (SSSR count). The highest BCUT2D eigenvalue weighted by molar-refractivity contribution is 8.26. The van der Waals surface area contributed by atoms with Crippen molar-refractivity contribution in [1.82, 2.24) is 9.80 Å². The fourth-order valence-electron chi connectivity index (χ4n) is 3.18. The summed E-state index contributed by atoms with van der Waals surface area (Å²) in [6, 6.07) is 5.53. The van der Waals surface area contributed by atoms with Gasteiger partial charge in [0.05, 0.1) is 4.91 Å². The average Bonchev–Trinajstić information content (AvgIpc) is 3.36. The van der Waals surface area contributed by atoms with E-state index in [-0.39, 0.29) is 18.6 Å². The third-order valence-corrected chi connectivity index (χ3v) is 5.95. The Kier molecular flexibility index (Phi) is 4.86. The SMILES string of the molecule is O=C(CCN1C(=O)/C(=C\c2ccc3c(c2)OCO3)SC1=S)N1CCCC1. The van der Waals surface area contributed by atoms with Crippen molar-refractivity contribution in [2.45, 2.75) is 19.3 Å². The number of hydrogen-bond donors (Lipinski definition) is 0. The highest BCUT2D eigenvalue weighted by Crippen LogP contribution is 2.36. The number of amides is 2. The summed E-state index contributed by atoms with van der Waals surface area (Å²) in [4.78, 5) is 28.8. The van der Waals surface area contributed by atoms with E-state index in [4.69, 9.17) is 21.7 Å². The van der Waals surface area contributed by atoms with Crippen LogP contribution in [0.25, 0.3) is 6.08 Å². The molecule has 3 aliphatic heterocycles.